The molecule has 1 aromatic carbocycles. The van der Waals surface area contributed by atoms with Crippen LogP contribution in [0.4, 0.5) is 5.69 Å². The molecule has 0 aliphatic carbocycles. The highest BCUT2D eigenvalue weighted by molar-refractivity contribution is 5.94. The van der Waals surface area contributed by atoms with E-state index < -0.39 is 22.3 Å². The Kier molecular flexibility index (Phi) is 4.20. The summed E-state index contributed by atoms with van der Waals surface area (Å²) in [6.07, 6.45) is 4.19. The fourth-order valence-corrected chi connectivity index (χ4v) is 1.50. The summed E-state index contributed by atoms with van der Waals surface area (Å²) >= 11 is 0. The highest BCUT2D eigenvalue weighted by atomic mass is 16.6. The first kappa shape index (κ1) is 14.1. The van der Waals surface area contributed by atoms with E-state index in [1.54, 1.807) is 18.3 Å². The van der Waals surface area contributed by atoms with Gasteiger partial charge in [-0.3, -0.25) is 19.9 Å². The van der Waals surface area contributed by atoms with E-state index in [-0.39, 0.29) is 0 Å². The van der Waals surface area contributed by atoms with Gasteiger partial charge in [0, 0.05) is 18.5 Å². The number of aromatic nitrogens is 1. The van der Waals surface area contributed by atoms with Gasteiger partial charge in [0.05, 0.1) is 16.7 Å². The Labute approximate surface area is 118 Å². The van der Waals surface area contributed by atoms with Crippen molar-refractivity contribution in [3.05, 3.63) is 64.0 Å². The third kappa shape index (κ3) is 3.60. The molecule has 0 bridgehead atoms. The zero-order valence-corrected chi connectivity index (χ0v) is 10.6. The molecule has 0 atom stereocenters. The van der Waals surface area contributed by atoms with E-state index in [2.05, 4.69) is 15.5 Å². The number of hydrogen-bond donors (Lipinski definition) is 2. The number of phenols is 1. The molecule has 106 valence electrons. The number of carbonyl (C=O) groups excluding carboxylic acids is 1. The summed E-state index contributed by atoms with van der Waals surface area (Å²) in [6.45, 7) is 0. The zero-order chi connectivity index (χ0) is 15.2. The first-order valence-corrected chi connectivity index (χ1v) is 5.79. The second kappa shape index (κ2) is 6.24. The molecule has 8 heteroatoms. The summed E-state index contributed by atoms with van der Waals surface area (Å²) in [6, 6.07) is 6.93. The maximum Gasteiger partial charge on any atom is 0.310 e. The summed E-state index contributed by atoms with van der Waals surface area (Å²) in [4.78, 5) is 25.3. The number of carbonyl (C=O) groups is 1. The number of aromatic hydroxyl groups is 1. The number of hydrazone groups is 1. The average molecular weight is 286 g/mol. The molecule has 0 radical (unpaired) electrons. The number of nitrogens with zero attached hydrogens (tertiary/aromatic N) is 3. The van der Waals surface area contributed by atoms with Crippen molar-refractivity contribution in [3.8, 4) is 5.75 Å². The number of nitro groups is 1. The minimum absolute atomic E-state index is 0.348. The standard InChI is InChI=1S/C13H10N4O4/c18-12-6-9(3-4-11(12)17(20)21)7-15-16-13(19)10-2-1-5-14-8-10/h1-8,18H,(H,16,19)/b15-7+. The summed E-state index contributed by atoms with van der Waals surface area (Å²) in [7, 11) is 0. The van der Waals surface area contributed by atoms with Crippen LogP contribution < -0.4 is 5.43 Å². The smallest absolute Gasteiger partial charge is 0.310 e. The third-order valence-electron chi connectivity index (χ3n) is 2.50. The minimum Gasteiger partial charge on any atom is -0.502 e. The Balaban J connectivity index is 2.03. The van der Waals surface area contributed by atoms with Gasteiger partial charge in [-0.15, -0.1) is 0 Å². The van der Waals surface area contributed by atoms with Crippen molar-refractivity contribution < 1.29 is 14.8 Å². The Hall–Kier alpha value is -3.29. The molecule has 2 N–H and O–H groups in total. The van der Waals surface area contributed by atoms with E-state index in [0.717, 1.165) is 6.07 Å². The molecular formula is C13H10N4O4. The van der Waals surface area contributed by atoms with Crippen LogP contribution in [-0.2, 0) is 0 Å². The number of rotatable bonds is 4. The van der Waals surface area contributed by atoms with Crippen LogP contribution in [0.2, 0.25) is 0 Å². The van der Waals surface area contributed by atoms with Gasteiger partial charge in [-0.2, -0.15) is 5.10 Å². The van der Waals surface area contributed by atoms with Crippen LogP contribution >= 0.6 is 0 Å². The van der Waals surface area contributed by atoms with Crippen LogP contribution in [0, 0.1) is 10.1 Å². The van der Waals surface area contributed by atoms with Crippen molar-refractivity contribution in [1.82, 2.24) is 10.4 Å². The average Bonchev–Trinajstić information content (AvgIpc) is 2.47. The van der Waals surface area contributed by atoms with Crippen molar-refractivity contribution in [2.75, 3.05) is 0 Å². The lowest BCUT2D eigenvalue weighted by Gasteiger charge is -1.99. The first-order chi connectivity index (χ1) is 10.1. The van der Waals surface area contributed by atoms with Gasteiger partial charge >= 0.3 is 5.69 Å². The van der Waals surface area contributed by atoms with Gasteiger partial charge in [-0.05, 0) is 29.8 Å². The molecule has 0 unspecified atom stereocenters. The van der Waals surface area contributed by atoms with Crippen molar-refractivity contribution in [2.45, 2.75) is 0 Å². The molecule has 1 aromatic heterocycles. The lowest BCUT2D eigenvalue weighted by atomic mass is 10.2. The van der Waals surface area contributed by atoms with Crippen LogP contribution in [0.25, 0.3) is 0 Å². The third-order valence-corrected chi connectivity index (χ3v) is 2.50. The number of pyridine rings is 1. The first-order valence-electron chi connectivity index (χ1n) is 5.79. The van der Waals surface area contributed by atoms with Gasteiger partial charge in [0.15, 0.2) is 5.75 Å². The Morgan fingerprint density at radius 1 is 1.43 bits per heavy atom. The highest BCUT2D eigenvalue weighted by Crippen LogP contribution is 2.25. The molecule has 0 spiro atoms. The fraction of sp³-hybridized carbons (Fsp3) is 0. The molecule has 0 aliphatic heterocycles. The Morgan fingerprint density at radius 2 is 2.24 bits per heavy atom. The molecule has 1 heterocycles. The normalized spacial score (nSPS) is 10.5. The van der Waals surface area contributed by atoms with Crippen LogP contribution in [0.5, 0.6) is 5.75 Å². The second-order valence-corrected chi connectivity index (χ2v) is 3.95. The highest BCUT2D eigenvalue weighted by Gasteiger charge is 2.12. The van der Waals surface area contributed by atoms with Crippen LogP contribution in [0.3, 0.4) is 0 Å². The van der Waals surface area contributed by atoms with Crippen molar-refractivity contribution >= 4 is 17.8 Å². The lowest BCUT2D eigenvalue weighted by Crippen LogP contribution is -2.17. The van der Waals surface area contributed by atoms with E-state index in [1.807, 2.05) is 0 Å². The minimum atomic E-state index is -0.694. The summed E-state index contributed by atoms with van der Waals surface area (Å²) in [5, 5.41) is 23.7. The molecule has 1 amide bonds. The van der Waals surface area contributed by atoms with Gasteiger partial charge in [0.25, 0.3) is 5.91 Å². The molecule has 0 fully saturated rings. The molecular weight excluding hydrogens is 276 g/mol. The van der Waals surface area contributed by atoms with Gasteiger partial charge in [0.1, 0.15) is 0 Å². The van der Waals surface area contributed by atoms with E-state index in [9.17, 15) is 20.0 Å². The molecule has 2 rings (SSSR count). The van der Waals surface area contributed by atoms with Gasteiger partial charge in [-0.25, -0.2) is 5.43 Å². The maximum atomic E-state index is 11.6. The number of nitrogens with one attached hydrogen (secondary N) is 1. The zero-order valence-electron chi connectivity index (χ0n) is 10.6. The van der Waals surface area contributed by atoms with Crippen LogP contribution in [0.15, 0.2) is 47.8 Å². The number of benzene rings is 1. The summed E-state index contributed by atoms with van der Waals surface area (Å²) in [5.41, 5.74) is 2.64. The van der Waals surface area contributed by atoms with E-state index in [4.69, 9.17) is 0 Å². The predicted molar refractivity (Wildman–Crippen MR) is 74.1 cm³/mol. The quantitative estimate of drug-likeness (QED) is 0.501. The second-order valence-electron chi connectivity index (χ2n) is 3.95. The molecule has 0 saturated heterocycles. The molecule has 0 saturated carbocycles. The molecule has 8 nitrogen and oxygen atoms in total. The van der Waals surface area contributed by atoms with Crippen molar-refractivity contribution in [1.29, 1.82) is 0 Å². The summed E-state index contributed by atoms with van der Waals surface area (Å²) < 4.78 is 0. The van der Waals surface area contributed by atoms with E-state index in [0.29, 0.717) is 11.1 Å². The molecule has 21 heavy (non-hydrogen) atoms. The van der Waals surface area contributed by atoms with Gasteiger partial charge in [-0.1, -0.05) is 0 Å². The Bertz CT molecular complexity index is 701. The number of amides is 1. The topological polar surface area (TPSA) is 118 Å². The number of phenolic OH excluding ortho intramolecular Hbond substituents is 1. The predicted octanol–water partition coefficient (Wildman–Crippen LogP) is 1.46. The van der Waals surface area contributed by atoms with Crippen molar-refractivity contribution in [3.63, 3.8) is 0 Å². The monoisotopic (exact) mass is 286 g/mol. The van der Waals surface area contributed by atoms with E-state index in [1.165, 1.54) is 24.5 Å². The van der Waals surface area contributed by atoms with Crippen LogP contribution in [-0.4, -0.2) is 27.1 Å². The SMILES string of the molecule is O=C(N/N=C/c1ccc([N+](=O)[O-])c(O)c1)c1cccnc1. The van der Waals surface area contributed by atoms with Crippen LogP contribution in [0.1, 0.15) is 15.9 Å². The Morgan fingerprint density at radius 3 is 2.86 bits per heavy atom. The maximum absolute atomic E-state index is 11.6. The molecule has 0 aliphatic rings. The summed E-state index contributed by atoms with van der Waals surface area (Å²) in [5.74, 6) is -0.909. The molecule has 2 aromatic rings. The lowest BCUT2D eigenvalue weighted by molar-refractivity contribution is -0.385. The van der Waals surface area contributed by atoms with E-state index >= 15 is 0 Å². The van der Waals surface area contributed by atoms with Crippen molar-refractivity contribution in [2.24, 2.45) is 5.10 Å². The fourth-order valence-electron chi connectivity index (χ4n) is 1.50. The number of nitro benzene ring substituents is 1. The number of hydrogen-bond acceptors (Lipinski definition) is 6. The van der Waals surface area contributed by atoms with Gasteiger partial charge in [0.2, 0.25) is 0 Å². The van der Waals surface area contributed by atoms with Gasteiger partial charge < -0.3 is 5.11 Å². The largest absolute Gasteiger partial charge is 0.502 e.